The zero-order valence-electron chi connectivity index (χ0n) is 16.8. The second-order valence-electron chi connectivity index (χ2n) is 7.53. The smallest absolute Gasteiger partial charge is 0.240 e. The molecule has 152 valence electrons. The summed E-state index contributed by atoms with van der Waals surface area (Å²) in [5, 5.41) is 10.2. The van der Waals surface area contributed by atoms with Crippen LogP contribution in [-0.4, -0.2) is 64.0 Å². The van der Waals surface area contributed by atoms with Gasteiger partial charge in [-0.05, 0) is 38.6 Å². The fraction of sp³-hybridized carbons (Fsp3) is 0.550. The number of carbonyl (C=O) groups is 1. The molecule has 2 N–H and O–H groups in total. The van der Waals surface area contributed by atoms with E-state index in [0.717, 1.165) is 43.9 Å². The number of carbonyl (C=O) groups excluding carboxylic acids is 1. The summed E-state index contributed by atoms with van der Waals surface area (Å²) in [7, 11) is 0. The van der Waals surface area contributed by atoms with Crippen molar-refractivity contribution < 1.29 is 9.53 Å². The lowest BCUT2D eigenvalue weighted by molar-refractivity contribution is -0.122. The molecule has 8 heteroatoms. The van der Waals surface area contributed by atoms with Crippen LogP contribution in [0.4, 0.5) is 0 Å². The monoisotopic (exact) mass is 403 g/mol. The Morgan fingerprint density at radius 2 is 2.14 bits per heavy atom. The van der Waals surface area contributed by atoms with Crippen LogP contribution in [0.5, 0.6) is 0 Å². The van der Waals surface area contributed by atoms with Crippen molar-refractivity contribution in [1.29, 1.82) is 0 Å². The van der Waals surface area contributed by atoms with E-state index in [2.05, 4.69) is 34.3 Å². The molecule has 1 atom stereocenters. The maximum atomic E-state index is 12.7. The van der Waals surface area contributed by atoms with Crippen LogP contribution in [0.25, 0.3) is 11.4 Å². The molecule has 1 aromatic heterocycles. The van der Waals surface area contributed by atoms with Gasteiger partial charge in [-0.1, -0.05) is 30.7 Å². The van der Waals surface area contributed by atoms with Crippen molar-refractivity contribution in [3.63, 3.8) is 0 Å². The number of hydrogen-bond acceptors (Lipinski definition) is 5. The zero-order valence-corrected chi connectivity index (χ0v) is 17.6. The third kappa shape index (κ3) is 4.68. The highest BCUT2D eigenvalue weighted by Gasteiger charge is 2.31. The molecule has 0 bridgehead atoms. The van der Waals surface area contributed by atoms with Crippen LogP contribution in [0, 0.1) is 11.7 Å². The number of nitrogens with one attached hydrogen (secondary N) is 2. The van der Waals surface area contributed by atoms with E-state index in [1.807, 2.05) is 31.2 Å². The fourth-order valence-corrected chi connectivity index (χ4v) is 3.72. The first-order chi connectivity index (χ1) is 13.4. The van der Waals surface area contributed by atoms with Crippen LogP contribution in [0.15, 0.2) is 24.3 Å². The van der Waals surface area contributed by atoms with Gasteiger partial charge >= 0.3 is 0 Å². The predicted molar refractivity (Wildman–Crippen MR) is 112 cm³/mol. The molecular formula is C20H29N5O2S. The van der Waals surface area contributed by atoms with Gasteiger partial charge in [0.15, 0.2) is 10.6 Å². The van der Waals surface area contributed by atoms with Gasteiger partial charge in [0, 0.05) is 30.7 Å². The topological polar surface area (TPSA) is 75.2 Å². The lowest BCUT2D eigenvalue weighted by Crippen LogP contribution is -2.57. The number of rotatable bonds is 7. The molecule has 2 heterocycles. The molecule has 1 fully saturated rings. The molecular weight excluding hydrogens is 374 g/mol. The number of aromatic amines is 1. The molecule has 28 heavy (non-hydrogen) atoms. The average molecular weight is 404 g/mol. The molecule has 0 aliphatic carbocycles. The lowest BCUT2D eigenvalue weighted by atomic mass is 9.95. The lowest BCUT2D eigenvalue weighted by Gasteiger charge is -2.43. The molecule has 3 rings (SSSR count). The molecule has 2 aromatic rings. The number of amides is 1. The van der Waals surface area contributed by atoms with Gasteiger partial charge in [0.25, 0.3) is 0 Å². The molecule has 1 saturated heterocycles. The fourth-order valence-electron chi connectivity index (χ4n) is 3.52. The number of hydrogen-bond donors (Lipinski definition) is 2. The number of H-pyrrole nitrogens is 1. The van der Waals surface area contributed by atoms with E-state index in [4.69, 9.17) is 17.0 Å². The molecule has 0 radical (unpaired) electrons. The Morgan fingerprint density at radius 3 is 2.82 bits per heavy atom. The summed E-state index contributed by atoms with van der Waals surface area (Å²) < 4.78 is 7.65. The Labute approximate surface area is 171 Å². The number of benzene rings is 1. The number of ether oxygens (including phenoxy) is 1. The Morgan fingerprint density at radius 1 is 1.39 bits per heavy atom. The first-order valence-electron chi connectivity index (χ1n) is 9.75. The molecule has 1 unspecified atom stereocenters. The SMILES string of the molecule is CCC(C)(CNC(=O)Cn1c(-c2cccc(C)c2)n[nH]c1=S)N1CCOCC1. The first kappa shape index (κ1) is 20.7. The van der Waals surface area contributed by atoms with Crippen LogP contribution in [0.3, 0.4) is 0 Å². The van der Waals surface area contributed by atoms with E-state index < -0.39 is 0 Å². The standard InChI is InChI=1S/C20H29N5O2S/c1-4-20(3,24-8-10-27-11-9-24)14-21-17(26)13-25-18(22-23-19(25)28)16-7-5-6-15(2)12-16/h5-7,12H,4,8-11,13-14H2,1-3H3,(H,21,26)(H,23,28). The van der Waals surface area contributed by atoms with Gasteiger partial charge in [0.1, 0.15) is 6.54 Å². The number of aromatic nitrogens is 3. The summed E-state index contributed by atoms with van der Waals surface area (Å²) >= 11 is 5.35. The molecule has 0 saturated carbocycles. The molecule has 1 amide bonds. The van der Waals surface area contributed by atoms with E-state index in [-0.39, 0.29) is 18.0 Å². The van der Waals surface area contributed by atoms with Crippen LogP contribution in [0.1, 0.15) is 25.8 Å². The summed E-state index contributed by atoms with van der Waals surface area (Å²) in [4.78, 5) is 15.1. The third-order valence-corrected chi connectivity index (χ3v) is 5.85. The van der Waals surface area contributed by atoms with Gasteiger partial charge in [0.05, 0.1) is 13.2 Å². The molecule has 0 spiro atoms. The number of aryl methyl sites for hydroxylation is 1. The van der Waals surface area contributed by atoms with E-state index in [9.17, 15) is 4.79 Å². The van der Waals surface area contributed by atoms with Gasteiger partial charge in [-0.15, -0.1) is 0 Å². The Hall–Kier alpha value is -2.03. The average Bonchev–Trinajstić information content (AvgIpc) is 3.07. The van der Waals surface area contributed by atoms with Crippen LogP contribution in [-0.2, 0) is 16.1 Å². The van der Waals surface area contributed by atoms with Crippen molar-refractivity contribution in [3.05, 3.63) is 34.6 Å². The number of morpholine rings is 1. The highest BCUT2D eigenvalue weighted by Crippen LogP contribution is 2.21. The van der Waals surface area contributed by atoms with Crippen molar-refractivity contribution in [2.24, 2.45) is 0 Å². The Kier molecular flexibility index (Phi) is 6.64. The van der Waals surface area contributed by atoms with Crippen molar-refractivity contribution >= 4 is 18.1 Å². The maximum Gasteiger partial charge on any atom is 0.240 e. The van der Waals surface area contributed by atoms with E-state index >= 15 is 0 Å². The second-order valence-corrected chi connectivity index (χ2v) is 7.92. The molecule has 1 aliphatic heterocycles. The van der Waals surface area contributed by atoms with E-state index in [1.54, 1.807) is 4.57 Å². The number of nitrogens with zero attached hydrogens (tertiary/aromatic N) is 3. The van der Waals surface area contributed by atoms with Crippen LogP contribution < -0.4 is 5.32 Å². The largest absolute Gasteiger partial charge is 0.379 e. The zero-order chi connectivity index (χ0) is 20.1. The summed E-state index contributed by atoms with van der Waals surface area (Å²) in [6.07, 6.45) is 0.951. The minimum Gasteiger partial charge on any atom is -0.379 e. The molecule has 7 nitrogen and oxygen atoms in total. The van der Waals surface area contributed by atoms with Crippen molar-refractivity contribution in [1.82, 2.24) is 25.0 Å². The molecule has 1 aliphatic rings. The summed E-state index contributed by atoms with van der Waals surface area (Å²) in [5.74, 6) is 0.606. The summed E-state index contributed by atoms with van der Waals surface area (Å²) in [6.45, 7) is 10.4. The Balaban J connectivity index is 1.68. The van der Waals surface area contributed by atoms with Gasteiger partial charge in [-0.3, -0.25) is 19.4 Å². The normalized spacial score (nSPS) is 17.2. The van der Waals surface area contributed by atoms with E-state index in [0.29, 0.717) is 17.1 Å². The van der Waals surface area contributed by atoms with Gasteiger partial charge in [-0.25, -0.2) is 0 Å². The van der Waals surface area contributed by atoms with Crippen molar-refractivity contribution in [2.75, 3.05) is 32.8 Å². The molecule has 1 aromatic carbocycles. The van der Waals surface area contributed by atoms with E-state index in [1.165, 1.54) is 0 Å². The highest BCUT2D eigenvalue weighted by molar-refractivity contribution is 7.71. The highest BCUT2D eigenvalue weighted by atomic mass is 32.1. The van der Waals surface area contributed by atoms with Crippen molar-refractivity contribution in [2.45, 2.75) is 39.3 Å². The van der Waals surface area contributed by atoms with Crippen LogP contribution >= 0.6 is 12.2 Å². The quantitative estimate of drug-likeness (QED) is 0.695. The van der Waals surface area contributed by atoms with Crippen LogP contribution in [0.2, 0.25) is 0 Å². The third-order valence-electron chi connectivity index (χ3n) is 5.54. The van der Waals surface area contributed by atoms with Gasteiger partial charge in [-0.2, -0.15) is 5.10 Å². The van der Waals surface area contributed by atoms with Gasteiger partial charge < -0.3 is 10.1 Å². The minimum atomic E-state index is -0.0866. The second kappa shape index (κ2) is 8.98. The first-order valence-corrected chi connectivity index (χ1v) is 10.2. The van der Waals surface area contributed by atoms with Crippen molar-refractivity contribution in [3.8, 4) is 11.4 Å². The summed E-state index contributed by atoms with van der Waals surface area (Å²) in [6, 6.07) is 8.01. The predicted octanol–water partition coefficient (Wildman–Crippen LogP) is 2.53. The van der Waals surface area contributed by atoms with Gasteiger partial charge in [0.2, 0.25) is 5.91 Å². The minimum absolute atomic E-state index is 0.0701. The Bertz CT molecular complexity index is 871. The maximum absolute atomic E-state index is 12.7. The summed E-state index contributed by atoms with van der Waals surface area (Å²) in [5.41, 5.74) is 1.98.